The summed E-state index contributed by atoms with van der Waals surface area (Å²) >= 11 is 0. The normalized spacial score (nSPS) is 14.2. The number of carbonyl (C=O) groups excluding carboxylic acids is 1. The lowest BCUT2D eigenvalue weighted by Gasteiger charge is -2.36. The molecule has 0 atom stereocenters. The van der Waals surface area contributed by atoms with E-state index in [1.54, 1.807) is 0 Å². The molecule has 1 aliphatic rings. The molecule has 1 aliphatic carbocycles. The molecular formula is C22H26O2. The quantitative estimate of drug-likeness (QED) is 0.689. The second-order valence-electron chi connectivity index (χ2n) is 7.84. The smallest absolute Gasteiger partial charge is 0.312 e. The van der Waals surface area contributed by atoms with Gasteiger partial charge in [0.1, 0.15) is 5.60 Å². The molecule has 24 heavy (non-hydrogen) atoms. The Morgan fingerprint density at radius 2 is 1.38 bits per heavy atom. The maximum absolute atomic E-state index is 12.7. The molecule has 0 N–H and O–H groups in total. The molecule has 0 radical (unpaired) electrons. The van der Waals surface area contributed by atoms with Crippen molar-refractivity contribution in [3.63, 3.8) is 0 Å². The van der Waals surface area contributed by atoms with Crippen LogP contribution < -0.4 is 0 Å². The molecule has 0 spiro atoms. The Kier molecular flexibility index (Phi) is 4.03. The van der Waals surface area contributed by atoms with Gasteiger partial charge in [-0.3, -0.25) is 4.79 Å². The number of fused-ring (bicyclic) bond motifs is 3. The highest BCUT2D eigenvalue weighted by Crippen LogP contribution is 2.50. The van der Waals surface area contributed by atoms with Gasteiger partial charge in [0.25, 0.3) is 0 Å². The molecule has 0 fully saturated rings. The van der Waals surface area contributed by atoms with Crippen LogP contribution in [0.2, 0.25) is 0 Å². The van der Waals surface area contributed by atoms with E-state index in [-0.39, 0.29) is 11.9 Å². The lowest BCUT2D eigenvalue weighted by atomic mass is 9.82. The van der Waals surface area contributed by atoms with Gasteiger partial charge < -0.3 is 4.74 Å². The molecule has 0 aliphatic heterocycles. The fourth-order valence-corrected chi connectivity index (χ4v) is 3.48. The van der Waals surface area contributed by atoms with Crippen LogP contribution in [0, 0.1) is 5.41 Å². The molecule has 0 unspecified atom stereocenters. The minimum absolute atomic E-state index is 0.0570. The molecule has 0 amide bonds. The number of esters is 1. The minimum atomic E-state index is -0.605. The molecule has 2 aromatic carbocycles. The zero-order valence-electron chi connectivity index (χ0n) is 15.2. The van der Waals surface area contributed by atoms with Gasteiger partial charge in [0.15, 0.2) is 0 Å². The molecular weight excluding hydrogens is 296 g/mol. The summed E-state index contributed by atoms with van der Waals surface area (Å²) in [4.78, 5) is 12.7. The van der Waals surface area contributed by atoms with E-state index in [0.29, 0.717) is 0 Å². The van der Waals surface area contributed by atoms with Gasteiger partial charge in [0, 0.05) is 5.92 Å². The van der Waals surface area contributed by atoms with Gasteiger partial charge in [-0.2, -0.15) is 0 Å². The second-order valence-corrected chi connectivity index (χ2v) is 7.84. The maximum Gasteiger partial charge on any atom is 0.312 e. The predicted octanol–water partition coefficient (Wildman–Crippen LogP) is 5.56. The van der Waals surface area contributed by atoms with Gasteiger partial charge in [-0.15, -0.1) is 0 Å². The van der Waals surface area contributed by atoms with Crippen LogP contribution in [-0.4, -0.2) is 11.6 Å². The van der Waals surface area contributed by atoms with E-state index in [0.717, 1.165) is 6.42 Å². The van der Waals surface area contributed by atoms with Gasteiger partial charge >= 0.3 is 5.97 Å². The standard InChI is InChI=1S/C22H26O2/c1-6-21(2,3)20(23)24-22(4,5)19-17-13-9-7-11-15(17)16-12-8-10-14-18(16)19/h7-14,19H,6H2,1-5H3. The third kappa shape index (κ3) is 2.64. The van der Waals surface area contributed by atoms with E-state index in [1.165, 1.54) is 22.3 Å². The van der Waals surface area contributed by atoms with Crippen LogP contribution in [0.15, 0.2) is 48.5 Å². The van der Waals surface area contributed by atoms with Crippen molar-refractivity contribution in [2.45, 2.75) is 52.6 Å². The molecule has 0 aromatic heterocycles. The molecule has 0 bridgehead atoms. The highest BCUT2D eigenvalue weighted by molar-refractivity contribution is 5.80. The monoisotopic (exact) mass is 322 g/mol. The summed E-state index contributed by atoms with van der Waals surface area (Å²) < 4.78 is 6.05. The topological polar surface area (TPSA) is 26.3 Å². The number of hydrogen-bond acceptors (Lipinski definition) is 2. The zero-order chi connectivity index (χ0) is 17.5. The Hall–Kier alpha value is -2.09. The van der Waals surface area contributed by atoms with E-state index in [1.807, 2.05) is 34.6 Å². The summed E-state index contributed by atoms with van der Waals surface area (Å²) in [5.41, 5.74) is 3.91. The number of ether oxygens (including phenoxy) is 1. The summed E-state index contributed by atoms with van der Waals surface area (Å²) in [5.74, 6) is -0.0710. The summed E-state index contributed by atoms with van der Waals surface area (Å²) in [6.45, 7) is 9.97. The van der Waals surface area contributed by atoms with Crippen LogP contribution in [0.1, 0.15) is 58.1 Å². The van der Waals surface area contributed by atoms with E-state index in [9.17, 15) is 4.79 Å². The maximum atomic E-state index is 12.7. The molecule has 2 aromatic rings. The summed E-state index contributed by atoms with van der Waals surface area (Å²) in [6, 6.07) is 16.9. The minimum Gasteiger partial charge on any atom is -0.458 e. The van der Waals surface area contributed by atoms with E-state index < -0.39 is 11.0 Å². The average molecular weight is 322 g/mol. The predicted molar refractivity (Wildman–Crippen MR) is 98.0 cm³/mol. The van der Waals surface area contributed by atoms with Crippen molar-refractivity contribution < 1.29 is 9.53 Å². The van der Waals surface area contributed by atoms with Gasteiger partial charge in [-0.05, 0) is 56.4 Å². The number of carbonyl (C=O) groups is 1. The van der Waals surface area contributed by atoms with Crippen molar-refractivity contribution in [1.82, 2.24) is 0 Å². The van der Waals surface area contributed by atoms with Gasteiger partial charge in [-0.25, -0.2) is 0 Å². The lowest BCUT2D eigenvalue weighted by molar-refractivity contribution is -0.168. The molecule has 2 heteroatoms. The van der Waals surface area contributed by atoms with Gasteiger partial charge in [0.2, 0.25) is 0 Å². The SMILES string of the molecule is CCC(C)(C)C(=O)OC(C)(C)C1c2ccccc2-c2ccccc21. The van der Waals surface area contributed by atoms with Crippen LogP contribution in [0.4, 0.5) is 0 Å². The Morgan fingerprint density at radius 3 is 1.83 bits per heavy atom. The fraction of sp³-hybridized carbons (Fsp3) is 0.409. The number of hydrogen-bond donors (Lipinski definition) is 0. The first-order chi connectivity index (χ1) is 11.3. The van der Waals surface area contributed by atoms with Crippen molar-refractivity contribution in [2.75, 3.05) is 0 Å². The van der Waals surface area contributed by atoms with Crippen molar-refractivity contribution in [2.24, 2.45) is 5.41 Å². The van der Waals surface area contributed by atoms with Crippen LogP contribution in [0.3, 0.4) is 0 Å². The molecule has 0 heterocycles. The molecule has 2 nitrogen and oxygen atoms in total. The largest absolute Gasteiger partial charge is 0.458 e. The Labute approximate surface area is 144 Å². The van der Waals surface area contributed by atoms with Gasteiger partial charge in [0.05, 0.1) is 5.41 Å². The second kappa shape index (κ2) is 5.77. The Bertz CT molecular complexity index is 726. The number of rotatable bonds is 4. The van der Waals surface area contributed by atoms with Crippen LogP contribution in [0.25, 0.3) is 11.1 Å². The van der Waals surface area contributed by atoms with Gasteiger partial charge in [-0.1, -0.05) is 55.5 Å². The molecule has 126 valence electrons. The first-order valence-corrected chi connectivity index (χ1v) is 8.69. The summed E-state index contributed by atoms with van der Waals surface area (Å²) in [7, 11) is 0. The van der Waals surface area contributed by atoms with Crippen LogP contribution in [0.5, 0.6) is 0 Å². The summed E-state index contributed by atoms with van der Waals surface area (Å²) in [5, 5.41) is 0. The van der Waals surface area contributed by atoms with E-state index in [2.05, 4.69) is 48.5 Å². The average Bonchev–Trinajstić information content (AvgIpc) is 2.89. The van der Waals surface area contributed by atoms with Crippen LogP contribution >= 0.6 is 0 Å². The fourth-order valence-electron chi connectivity index (χ4n) is 3.48. The summed E-state index contributed by atoms with van der Waals surface area (Å²) in [6.07, 6.45) is 0.764. The first kappa shape index (κ1) is 16.8. The molecule has 3 rings (SSSR count). The van der Waals surface area contributed by atoms with E-state index in [4.69, 9.17) is 4.74 Å². The lowest BCUT2D eigenvalue weighted by Crippen LogP contribution is -2.39. The van der Waals surface area contributed by atoms with E-state index >= 15 is 0 Å². The van der Waals surface area contributed by atoms with Crippen molar-refractivity contribution in [3.05, 3.63) is 59.7 Å². The molecule has 0 saturated heterocycles. The highest BCUT2D eigenvalue weighted by atomic mass is 16.6. The van der Waals surface area contributed by atoms with Crippen molar-refractivity contribution in [3.8, 4) is 11.1 Å². The van der Waals surface area contributed by atoms with Crippen LogP contribution in [-0.2, 0) is 9.53 Å². The number of benzene rings is 2. The molecule has 0 saturated carbocycles. The third-order valence-corrected chi connectivity index (χ3v) is 5.32. The Morgan fingerprint density at radius 1 is 0.917 bits per heavy atom. The van der Waals surface area contributed by atoms with Crippen molar-refractivity contribution in [1.29, 1.82) is 0 Å². The Balaban J connectivity index is 2.03. The highest BCUT2D eigenvalue weighted by Gasteiger charge is 2.43. The zero-order valence-corrected chi connectivity index (χ0v) is 15.2. The third-order valence-electron chi connectivity index (χ3n) is 5.32. The van der Waals surface area contributed by atoms with Crippen molar-refractivity contribution >= 4 is 5.97 Å². The first-order valence-electron chi connectivity index (χ1n) is 8.69.